The molecule has 3 nitrogen and oxygen atoms in total. The lowest BCUT2D eigenvalue weighted by atomic mass is 10.0. The molecule has 0 aliphatic heterocycles. The number of halogens is 1. The van der Waals surface area contributed by atoms with Crippen LogP contribution in [0.4, 0.5) is 0 Å². The van der Waals surface area contributed by atoms with E-state index in [0.29, 0.717) is 5.02 Å². The lowest BCUT2D eigenvalue weighted by Crippen LogP contribution is -2.17. The van der Waals surface area contributed by atoms with Gasteiger partial charge in [0.25, 0.3) is 0 Å². The number of hydrogen-bond acceptors (Lipinski definition) is 2. The third kappa shape index (κ3) is 1.95. The van der Waals surface area contributed by atoms with E-state index in [1.54, 1.807) is 18.6 Å². The minimum atomic E-state index is -0.130. The number of fused-ring (bicyclic) bond motifs is 1. The second-order valence-electron chi connectivity index (χ2n) is 4.58. The molecule has 0 N–H and O–H groups in total. The van der Waals surface area contributed by atoms with Gasteiger partial charge in [-0.2, -0.15) is 0 Å². The third-order valence-electron chi connectivity index (χ3n) is 3.44. The Bertz CT molecular complexity index is 577. The van der Waals surface area contributed by atoms with Crippen molar-refractivity contribution in [3.05, 3.63) is 53.1 Å². The molecule has 18 heavy (non-hydrogen) atoms. The molecule has 0 saturated heterocycles. The van der Waals surface area contributed by atoms with E-state index in [-0.39, 0.29) is 11.8 Å². The first-order valence-corrected chi connectivity index (χ1v) is 6.43. The second kappa shape index (κ2) is 4.58. The fourth-order valence-corrected chi connectivity index (χ4v) is 2.74. The molecule has 4 heteroatoms. The fourth-order valence-electron chi connectivity index (χ4n) is 2.54. The molecular formula is C14H13ClN2O. The molecule has 92 valence electrons. The average molecular weight is 261 g/mol. The Morgan fingerprint density at radius 3 is 3.06 bits per heavy atom. The van der Waals surface area contributed by atoms with Crippen molar-refractivity contribution in [3.8, 4) is 0 Å². The maximum atomic E-state index is 12.6. The Kier molecular flexibility index (Phi) is 2.92. The van der Waals surface area contributed by atoms with Crippen molar-refractivity contribution < 1.29 is 4.79 Å². The van der Waals surface area contributed by atoms with Gasteiger partial charge in [0.2, 0.25) is 0 Å². The first kappa shape index (κ1) is 11.5. The highest BCUT2D eigenvalue weighted by atomic mass is 35.5. The fraction of sp³-hybridized carbons (Fsp3) is 0.286. The van der Waals surface area contributed by atoms with Crippen molar-refractivity contribution in [2.24, 2.45) is 0 Å². The highest BCUT2D eigenvalue weighted by Gasteiger charge is 2.26. The van der Waals surface area contributed by atoms with Gasteiger partial charge in [0.15, 0.2) is 5.78 Å². The Labute approximate surface area is 110 Å². The van der Waals surface area contributed by atoms with Gasteiger partial charge in [-0.25, -0.2) is 4.98 Å². The molecule has 1 atom stereocenters. The molecule has 0 amide bonds. The lowest BCUT2D eigenvalue weighted by molar-refractivity contribution is 0.0921. The van der Waals surface area contributed by atoms with E-state index in [9.17, 15) is 4.79 Å². The SMILES string of the molecule is O=C1c2ccc(Cl)cc2CCCC1n1ccnc1. The lowest BCUT2D eigenvalue weighted by Gasteiger charge is -2.14. The Morgan fingerprint density at radius 1 is 1.39 bits per heavy atom. The monoisotopic (exact) mass is 260 g/mol. The number of hydrogen-bond donors (Lipinski definition) is 0. The summed E-state index contributed by atoms with van der Waals surface area (Å²) < 4.78 is 1.89. The summed E-state index contributed by atoms with van der Waals surface area (Å²) in [6.07, 6.45) is 8.02. The molecular weight excluding hydrogens is 248 g/mol. The number of Topliss-reactive ketones (excluding diaryl/α,β-unsaturated/α-hetero) is 1. The summed E-state index contributed by atoms with van der Waals surface area (Å²) >= 11 is 5.99. The van der Waals surface area contributed by atoms with Gasteiger partial charge in [-0.3, -0.25) is 4.79 Å². The summed E-state index contributed by atoms with van der Waals surface area (Å²) in [7, 11) is 0. The van der Waals surface area contributed by atoms with Gasteiger partial charge >= 0.3 is 0 Å². The molecule has 0 saturated carbocycles. The Hall–Kier alpha value is -1.61. The zero-order chi connectivity index (χ0) is 12.5. The van der Waals surface area contributed by atoms with Gasteiger partial charge in [-0.05, 0) is 43.0 Å². The maximum Gasteiger partial charge on any atom is 0.185 e. The molecule has 1 heterocycles. The van der Waals surface area contributed by atoms with Crippen molar-refractivity contribution in [3.63, 3.8) is 0 Å². The largest absolute Gasteiger partial charge is 0.327 e. The standard InChI is InChI=1S/C14H13ClN2O/c15-11-4-5-12-10(8-11)2-1-3-13(14(12)18)17-7-6-16-9-17/h4-9,13H,1-3H2. The van der Waals surface area contributed by atoms with Crippen molar-refractivity contribution in [2.45, 2.75) is 25.3 Å². The first-order valence-electron chi connectivity index (χ1n) is 6.06. The number of nitrogens with zero attached hydrogens (tertiary/aromatic N) is 2. The minimum absolute atomic E-state index is 0.130. The summed E-state index contributed by atoms with van der Waals surface area (Å²) in [6.45, 7) is 0. The molecule has 0 radical (unpaired) electrons. The van der Waals surface area contributed by atoms with E-state index in [1.165, 1.54) is 0 Å². The zero-order valence-electron chi connectivity index (χ0n) is 9.84. The van der Waals surface area contributed by atoms with Crippen LogP contribution in [0.3, 0.4) is 0 Å². The molecule has 0 bridgehead atoms. The first-order chi connectivity index (χ1) is 8.75. The van der Waals surface area contributed by atoms with Gasteiger partial charge in [0.05, 0.1) is 12.4 Å². The predicted molar refractivity (Wildman–Crippen MR) is 70.0 cm³/mol. The molecule has 1 aliphatic rings. The van der Waals surface area contributed by atoms with E-state index >= 15 is 0 Å². The summed E-state index contributed by atoms with van der Waals surface area (Å²) in [6, 6.07) is 5.41. The van der Waals surface area contributed by atoms with E-state index in [2.05, 4.69) is 4.98 Å². The number of ketones is 1. The highest BCUT2D eigenvalue weighted by Crippen LogP contribution is 2.29. The summed E-state index contributed by atoms with van der Waals surface area (Å²) in [5.74, 6) is 0.164. The van der Waals surface area contributed by atoms with Crippen LogP contribution >= 0.6 is 11.6 Å². The van der Waals surface area contributed by atoms with Crippen molar-refractivity contribution in [1.82, 2.24) is 9.55 Å². The number of rotatable bonds is 1. The van der Waals surface area contributed by atoms with Gasteiger partial charge < -0.3 is 4.57 Å². The van der Waals surface area contributed by atoms with Gasteiger partial charge in [-0.1, -0.05) is 11.6 Å². The van der Waals surface area contributed by atoms with Crippen molar-refractivity contribution in [2.75, 3.05) is 0 Å². The molecule has 1 unspecified atom stereocenters. The topological polar surface area (TPSA) is 34.9 Å². The number of carbonyl (C=O) groups is 1. The van der Waals surface area contributed by atoms with Crippen LogP contribution in [0, 0.1) is 0 Å². The number of aryl methyl sites for hydroxylation is 1. The van der Waals surface area contributed by atoms with E-state index in [0.717, 1.165) is 30.4 Å². The molecule has 0 spiro atoms. The van der Waals surface area contributed by atoms with Crippen LogP contribution in [0.25, 0.3) is 0 Å². The van der Waals surface area contributed by atoms with E-state index in [4.69, 9.17) is 11.6 Å². The number of benzene rings is 1. The molecule has 1 aromatic carbocycles. The summed E-state index contributed by atoms with van der Waals surface area (Å²) in [5, 5.41) is 0.697. The zero-order valence-corrected chi connectivity index (χ0v) is 10.6. The van der Waals surface area contributed by atoms with Crippen LogP contribution in [-0.2, 0) is 6.42 Å². The smallest absolute Gasteiger partial charge is 0.185 e. The molecule has 3 rings (SSSR count). The van der Waals surface area contributed by atoms with Crippen LogP contribution in [0.5, 0.6) is 0 Å². The molecule has 1 aromatic heterocycles. The molecule has 1 aliphatic carbocycles. The second-order valence-corrected chi connectivity index (χ2v) is 5.02. The molecule has 0 fully saturated rings. The van der Waals surface area contributed by atoms with Gasteiger partial charge in [0.1, 0.15) is 0 Å². The van der Waals surface area contributed by atoms with Gasteiger partial charge in [0, 0.05) is 23.0 Å². The van der Waals surface area contributed by atoms with E-state index < -0.39 is 0 Å². The normalized spacial score (nSPS) is 19.4. The van der Waals surface area contributed by atoms with Crippen LogP contribution < -0.4 is 0 Å². The Balaban J connectivity index is 2.03. The van der Waals surface area contributed by atoms with Crippen LogP contribution in [-0.4, -0.2) is 15.3 Å². The van der Waals surface area contributed by atoms with Crippen LogP contribution in [0.2, 0.25) is 5.02 Å². The Morgan fingerprint density at radius 2 is 2.28 bits per heavy atom. The van der Waals surface area contributed by atoms with Crippen LogP contribution in [0.15, 0.2) is 36.9 Å². The maximum absolute atomic E-state index is 12.6. The summed E-state index contributed by atoms with van der Waals surface area (Å²) in [5.41, 5.74) is 1.87. The number of aromatic nitrogens is 2. The highest BCUT2D eigenvalue weighted by molar-refractivity contribution is 6.30. The average Bonchev–Trinajstić information content (AvgIpc) is 2.83. The summed E-state index contributed by atoms with van der Waals surface area (Å²) in [4.78, 5) is 16.6. The number of imidazole rings is 1. The van der Waals surface area contributed by atoms with E-state index in [1.807, 2.05) is 22.9 Å². The quantitative estimate of drug-likeness (QED) is 0.738. The van der Waals surface area contributed by atoms with Crippen molar-refractivity contribution in [1.29, 1.82) is 0 Å². The molecule has 2 aromatic rings. The number of carbonyl (C=O) groups excluding carboxylic acids is 1. The van der Waals surface area contributed by atoms with Crippen LogP contribution in [0.1, 0.15) is 34.8 Å². The minimum Gasteiger partial charge on any atom is -0.327 e. The van der Waals surface area contributed by atoms with Crippen molar-refractivity contribution >= 4 is 17.4 Å². The predicted octanol–water partition coefficient (Wildman–Crippen LogP) is 3.30. The third-order valence-corrected chi connectivity index (χ3v) is 3.68. The van der Waals surface area contributed by atoms with Gasteiger partial charge in [-0.15, -0.1) is 0 Å².